The van der Waals surface area contributed by atoms with E-state index in [4.69, 9.17) is 5.73 Å². The average molecular weight is 238 g/mol. The van der Waals surface area contributed by atoms with E-state index in [0.717, 1.165) is 6.42 Å². The van der Waals surface area contributed by atoms with Crippen molar-refractivity contribution < 1.29 is 17.9 Å². The van der Waals surface area contributed by atoms with Crippen molar-refractivity contribution in [3.05, 3.63) is 5.69 Å². The van der Waals surface area contributed by atoms with E-state index < -0.39 is 13.0 Å². The molecule has 0 saturated carbocycles. The van der Waals surface area contributed by atoms with Crippen molar-refractivity contribution in [2.45, 2.75) is 32.7 Å². The van der Waals surface area contributed by atoms with Crippen molar-refractivity contribution in [1.29, 1.82) is 0 Å². The van der Waals surface area contributed by atoms with Gasteiger partial charge in [-0.25, -0.2) is 4.68 Å². The minimum Gasteiger partial charge on any atom is -0.381 e. The first-order valence-electron chi connectivity index (χ1n) is 4.82. The third-order valence-electron chi connectivity index (χ3n) is 1.92. The Morgan fingerprint density at radius 1 is 1.44 bits per heavy atom. The molecule has 1 aromatic rings. The van der Waals surface area contributed by atoms with Gasteiger partial charge in [0, 0.05) is 0 Å². The van der Waals surface area contributed by atoms with E-state index in [9.17, 15) is 13.2 Å². The van der Waals surface area contributed by atoms with Gasteiger partial charge in [0.15, 0.2) is 5.82 Å². The van der Waals surface area contributed by atoms with E-state index in [1.165, 1.54) is 4.68 Å². The maximum absolute atomic E-state index is 11.7. The van der Waals surface area contributed by atoms with Crippen LogP contribution in [0.25, 0.3) is 0 Å². The predicted molar refractivity (Wildman–Crippen MR) is 50.4 cm³/mol. The van der Waals surface area contributed by atoms with Crippen LogP contribution >= 0.6 is 0 Å². The quantitative estimate of drug-likeness (QED) is 0.840. The zero-order valence-electron chi connectivity index (χ0n) is 8.79. The number of hydrogen-bond donors (Lipinski definition) is 1. The van der Waals surface area contributed by atoms with Gasteiger partial charge in [-0.1, -0.05) is 18.6 Å². The van der Waals surface area contributed by atoms with Gasteiger partial charge in [-0.2, -0.15) is 0 Å². The molecule has 1 rings (SSSR count). The Kier molecular flexibility index (Phi) is 4.11. The van der Waals surface area contributed by atoms with Crippen LogP contribution in [0.2, 0.25) is 0 Å². The number of ether oxygens (including phenoxy) is 1. The van der Waals surface area contributed by atoms with Crippen molar-refractivity contribution >= 4 is 5.82 Å². The first kappa shape index (κ1) is 12.8. The molecule has 1 aromatic heterocycles. The number of anilines is 1. The molecule has 0 unspecified atom stereocenters. The molecule has 5 nitrogen and oxygen atoms in total. The van der Waals surface area contributed by atoms with Gasteiger partial charge in [-0.3, -0.25) is 4.74 Å². The number of nitrogens with zero attached hydrogens (tertiary/aromatic N) is 3. The third-order valence-corrected chi connectivity index (χ3v) is 1.92. The average Bonchev–Trinajstić information content (AvgIpc) is 2.48. The summed E-state index contributed by atoms with van der Waals surface area (Å²) < 4.78 is 40.1. The lowest BCUT2D eigenvalue weighted by molar-refractivity contribution is -0.325. The Morgan fingerprint density at radius 3 is 2.69 bits per heavy atom. The lowest BCUT2D eigenvalue weighted by Crippen LogP contribution is -2.19. The molecule has 0 amide bonds. The molecule has 0 aliphatic heterocycles. The van der Waals surface area contributed by atoms with Crippen molar-refractivity contribution in [3.8, 4) is 0 Å². The Labute approximate surface area is 90.4 Å². The molecular formula is C8H13F3N4O. The SMILES string of the molecule is CCCc1c(N)nnn1CCOC(F)(F)F. The molecular weight excluding hydrogens is 225 g/mol. The molecule has 16 heavy (non-hydrogen) atoms. The van der Waals surface area contributed by atoms with Crippen molar-refractivity contribution in [1.82, 2.24) is 15.0 Å². The molecule has 0 spiro atoms. The first-order valence-corrected chi connectivity index (χ1v) is 4.82. The lowest BCUT2D eigenvalue weighted by Gasteiger charge is -2.08. The van der Waals surface area contributed by atoms with Crippen molar-refractivity contribution in [2.75, 3.05) is 12.3 Å². The van der Waals surface area contributed by atoms with Gasteiger partial charge in [-0.15, -0.1) is 18.3 Å². The fourth-order valence-electron chi connectivity index (χ4n) is 1.27. The van der Waals surface area contributed by atoms with Gasteiger partial charge in [-0.05, 0) is 6.42 Å². The highest BCUT2D eigenvalue weighted by Gasteiger charge is 2.28. The largest absolute Gasteiger partial charge is 0.522 e. The fourth-order valence-corrected chi connectivity index (χ4v) is 1.27. The first-order chi connectivity index (χ1) is 7.44. The molecule has 0 saturated heterocycles. The van der Waals surface area contributed by atoms with Crippen molar-refractivity contribution in [3.63, 3.8) is 0 Å². The summed E-state index contributed by atoms with van der Waals surface area (Å²) >= 11 is 0. The molecule has 0 atom stereocenters. The summed E-state index contributed by atoms with van der Waals surface area (Å²) in [4.78, 5) is 0. The summed E-state index contributed by atoms with van der Waals surface area (Å²) in [5.74, 6) is 0.258. The highest BCUT2D eigenvalue weighted by molar-refractivity contribution is 5.32. The van der Waals surface area contributed by atoms with Gasteiger partial charge in [0.1, 0.15) is 0 Å². The van der Waals surface area contributed by atoms with Crippen LogP contribution in [0.1, 0.15) is 19.0 Å². The summed E-state index contributed by atoms with van der Waals surface area (Å²) in [6.07, 6.45) is -3.17. The number of nitrogens with two attached hydrogens (primary N) is 1. The van der Waals surface area contributed by atoms with Gasteiger partial charge in [0.05, 0.1) is 18.8 Å². The summed E-state index contributed by atoms with van der Waals surface area (Å²) in [6.45, 7) is 1.42. The monoisotopic (exact) mass is 238 g/mol. The fraction of sp³-hybridized carbons (Fsp3) is 0.750. The van der Waals surface area contributed by atoms with Gasteiger partial charge >= 0.3 is 6.36 Å². The number of halogens is 3. The Balaban J connectivity index is 2.53. The minimum absolute atomic E-state index is 0.0148. The third kappa shape index (κ3) is 3.69. The molecule has 0 aliphatic carbocycles. The van der Waals surface area contributed by atoms with Crippen LogP contribution in [0.15, 0.2) is 0 Å². The number of hydrogen-bond acceptors (Lipinski definition) is 4. The molecule has 0 aliphatic rings. The zero-order chi connectivity index (χ0) is 12.2. The van der Waals surface area contributed by atoms with E-state index in [1.54, 1.807) is 0 Å². The maximum Gasteiger partial charge on any atom is 0.522 e. The molecule has 92 valence electrons. The smallest absolute Gasteiger partial charge is 0.381 e. The van der Waals surface area contributed by atoms with Crippen LogP contribution in [-0.4, -0.2) is 28.0 Å². The van der Waals surface area contributed by atoms with Crippen LogP contribution in [-0.2, 0) is 17.7 Å². The van der Waals surface area contributed by atoms with Crippen LogP contribution in [0.3, 0.4) is 0 Å². The van der Waals surface area contributed by atoms with E-state index >= 15 is 0 Å². The second-order valence-electron chi connectivity index (χ2n) is 3.19. The molecule has 0 bridgehead atoms. The van der Waals surface area contributed by atoms with Crippen molar-refractivity contribution in [2.24, 2.45) is 0 Å². The van der Waals surface area contributed by atoms with E-state index in [-0.39, 0.29) is 12.4 Å². The zero-order valence-corrected chi connectivity index (χ0v) is 8.79. The molecule has 2 N–H and O–H groups in total. The number of alkyl halides is 3. The summed E-state index contributed by atoms with van der Waals surface area (Å²) in [5, 5.41) is 7.25. The Bertz CT molecular complexity index is 337. The molecule has 0 radical (unpaired) electrons. The standard InChI is InChI=1S/C8H13F3N4O/c1-2-3-6-7(12)13-14-15(6)4-5-16-8(9,10)11/h2-5,12H2,1H3. The second kappa shape index (κ2) is 5.15. The topological polar surface area (TPSA) is 66.0 Å². The normalized spacial score (nSPS) is 12.0. The predicted octanol–water partition coefficient (Wildman–Crippen LogP) is 1.35. The van der Waals surface area contributed by atoms with Gasteiger partial charge in [0.2, 0.25) is 0 Å². The molecule has 1 heterocycles. The van der Waals surface area contributed by atoms with Crippen LogP contribution < -0.4 is 5.73 Å². The van der Waals surface area contributed by atoms with Gasteiger partial charge < -0.3 is 5.73 Å². The molecule has 8 heteroatoms. The number of rotatable bonds is 5. The minimum atomic E-state index is -4.61. The lowest BCUT2D eigenvalue weighted by atomic mass is 10.2. The number of nitrogen functional groups attached to an aromatic ring is 1. The maximum atomic E-state index is 11.7. The van der Waals surface area contributed by atoms with Crippen LogP contribution in [0.5, 0.6) is 0 Å². The molecule has 0 fully saturated rings. The summed E-state index contributed by atoms with van der Waals surface area (Å²) in [5.41, 5.74) is 6.17. The highest BCUT2D eigenvalue weighted by Crippen LogP contribution is 2.16. The second-order valence-corrected chi connectivity index (χ2v) is 3.19. The summed E-state index contributed by atoms with van der Waals surface area (Å²) in [7, 11) is 0. The van der Waals surface area contributed by atoms with Crippen LogP contribution in [0.4, 0.5) is 19.0 Å². The van der Waals surface area contributed by atoms with E-state index in [2.05, 4.69) is 15.0 Å². The highest BCUT2D eigenvalue weighted by atomic mass is 19.4. The van der Waals surface area contributed by atoms with Gasteiger partial charge in [0.25, 0.3) is 0 Å². The Hall–Kier alpha value is -1.31. The van der Waals surface area contributed by atoms with E-state index in [0.29, 0.717) is 12.1 Å². The van der Waals surface area contributed by atoms with E-state index in [1.807, 2.05) is 6.92 Å². The number of aromatic nitrogens is 3. The Morgan fingerprint density at radius 2 is 2.12 bits per heavy atom. The summed E-state index contributed by atoms with van der Waals surface area (Å²) in [6, 6.07) is 0. The molecule has 0 aromatic carbocycles. The van der Waals surface area contributed by atoms with Crippen LogP contribution in [0, 0.1) is 0 Å².